The van der Waals surface area contributed by atoms with Gasteiger partial charge in [-0.2, -0.15) is 0 Å². The van der Waals surface area contributed by atoms with Crippen LogP contribution in [0.4, 0.5) is 8.78 Å². The SMILES string of the molecule is Fc1ccc2c(c1)c1cc(F)ccc1n2-c1ccc(-c2ccc3oc4c(c3c2)c2ccccc2n4-c2ccccc2)cc1. The van der Waals surface area contributed by atoms with Crippen LogP contribution in [0.5, 0.6) is 0 Å². The van der Waals surface area contributed by atoms with Crippen molar-refractivity contribution in [3.63, 3.8) is 0 Å². The van der Waals surface area contributed by atoms with Gasteiger partial charge in [-0.25, -0.2) is 8.78 Å². The molecule has 0 atom stereocenters. The van der Waals surface area contributed by atoms with Crippen molar-refractivity contribution in [3.05, 3.63) is 145 Å². The van der Waals surface area contributed by atoms with E-state index in [1.165, 1.54) is 24.3 Å². The van der Waals surface area contributed by atoms with Crippen LogP contribution in [0.1, 0.15) is 0 Å². The number of benzene rings is 6. The second kappa shape index (κ2) is 8.91. The molecular formula is C38H22F2N2O. The van der Waals surface area contributed by atoms with Gasteiger partial charge >= 0.3 is 0 Å². The van der Waals surface area contributed by atoms with Gasteiger partial charge in [-0.05, 0) is 90.0 Å². The zero-order valence-corrected chi connectivity index (χ0v) is 22.8. The molecule has 5 heteroatoms. The van der Waals surface area contributed by atoms with Crippen molar-refractivity contribution in [2.24, 2.45) is 0 Å². The molecule has 9 rings (SSSR count). The minimum absolute atomic E-state index is 0.346. The summed E-state index contributed by atoms with van der Waals surface area (Å²) in [7, 11) is 0. The molecule has 3 aromatic heterocycles. The number of furan rings is 1. The Morgan fingerprint density at radius 3 is 1.77 bits per heavy atom. The van der Waals surface area contributed by atoms with Crippen LogP contribution in [-0.4, -0.2) is 9.13 Å². The number of halogens is 2. The third-order valence-corrected chi connectivity index (χ3v) is 8.45. The van der Waals surface area contributed by atoms with Crippen molar-refractivity contribution in [2.45, 2.75) is 0 Å². The van der Waals surface area contributed by atoms with Crippen LogP contribution in [0.3, 0.4) is 0 Å². The molecule has 0 aliphatic rings. The summed E-state index contributed by atoms with van der Waals surface area (Å²) in [5.41, 5.74) is 8.52. The van der Waals surface area contributed by atoms with E-state index < -0.39 is 0 Å². The summed E-state index contributed by atoms with van der Waals surface area (Å²) < 4.78 is 39.1. The van der Waals surface area contributed by atoms with Crippen molar-refractivity contribution >= 4 is 54.8 Å². The maximum Gasteiger partial charge on any atom is 0.213 e. The molecule has 9 aromatic rings. The molecule has 0 spiro atoms. The molecule has 43 heavy (non-hydrogen) atoms. The van der Waals surface area contributed by atoms with E-state index in [-0.39, 0.29) is 11.6 Å². The smallest absolute Gasteiger partial charge is 0.213 e. The lowest BCUT2D eigenvalue weighted by molar-refractivity contribution is 0.628. The van der Waals surface area contributed by atoms with Crippen LogP contribution in [0.2, 0.25) is 0 Å². The third kappa shape index (κ3) is 3.52. The van der Waals surface area contributed by atoms with Crippen molar-refractivity contribution in [3.8, 4) is 22.5 Å². The van der Waals surface area contributed by atoms with Gasteiger partial charge < -0.3 is 8.98 Å². The van der Waals surface area contributed by atoms with Crippen LogP contribution in [0.25, 0.3) is 77.3 Å². The quantitative estimate of drug-likeness (QED) is 0.211. The summed E-state index contributed by atoms with van der Waals surface area (Å²) in [6, 6.07) is 42.6. The fourth-order valence-electron chi connectivity index (χ4n) is 6.55. The van der Waals surface area contributed by atoms with Crippen LogP contribution in [-0.2, 0) is 0 Å². The number of hydrogen-bond donors (Lipinski definition) is 0. The molecule has 0 bridgehead atoms. The summed E-state index contributed by atoms with van der Waals surface area (Å²) in [6.45, 7) is 0. The van der Waals surface area contributed by atoms with Crippen molar-refractivity contribution < 1.29 is 13.2 Å². The number of rotatable bonds is 3. The van der Waals surface area contributed by atoms with Gasteiger partial charge in [0.25, 0.3) is 0 Å². The molecule has 204 valence electrons. The van der Waals surface area contributed by atoms with Gasteiger partial charge in [0.2, 0.25) is 5.71 Å². The van der Waals surface area contributed by atoms with E-state index in [2.05, 4.69) is 81.9 Å². The number of aromatic nitrogens is 2. The van der Waals surface area contributed by atoms with Crippen molar-refractivity contribution in [1.29, 1.82) is 0 Å². The Kier molecular flexibility index (Phi) is 4.97. The normalized spacial score (nSPS) is 12.0. The first kappa shape index (κ1) is 24.0. The molecule has 3 nitrogen and oxygen atoms in total. The number of fused-ring (bicyclic) bond motifs is 8. The molecule has 0 amide bonds. The highest BCUT2D eigenvalue weighted by atomic mass is 19.1. The van der Waals surface area contributed by atoms with Gasteiger partial charge in [0.15, 0.2) is 0 Å². The first-order valence-electron chi connectivity index (χ1n) is 14.2. The Labute approximate surface area is 244 Å². The van der Waals surface area contributed by atoms with Gasteiger partial charge in [-0.15, -0.1) is 0 Å². The second-order valence-electron chi connectivity index (χ2n) is 10.9. The third-order valence-electron chi connectivity index (χ3n) is 8.45. The van der Waals surface area contributed by atoms with E-state index in [4.69, 9.17) is 4.42 Å². The Balaban J connectivity index is 1.20. The minimum Gasteiger partial charge on any atom is -0.439 e. The number of para-hydroxylation sites is 2. The first-order chi connectivity index (χ1) is 21.1. The van der Waals surface area contributed by atoms with Crippen LogP contribution < -0.4 is 0 Å². The zero-order chi connectivity index (χ0) is 28.7. The monoisotopic (exact) mass is 560 g/mol. The molecule has 0 saturated carbocycles. The Hall–Kier alpha value is -5.68. The molecule has 0 unspecified atom stereocenters. The number of hydrogen-bond acceptors (Lipinski definition) is 1. The summed E-state index contributed by atoms with van der Waals surface area (Å²) in [5.74, 6) is -0.691. The average molecular weight is 561 g/mol. The zero-order valence-electron chi connectivity index (χ0n) is 22.8. The van der Waals surface area contributed by atoms with Gasteiger partial charge in [0.1, 0.15) is 17.2 Å². The van der Waals surface area contributed by atoms with Crippen LogP contribution in [0, 0.1) is 11.6 Å². The standard InChI is InChI=1S/C38H22F2N2O/c39-25-13-17-34-30(21-25)31-22-26(40)14-18-35(31)41(34)28-15-10-23(11-16-28)24-12-19-36-32(20-24)37-29-8-4-5-9-33(29)42(38(37)43-36)27-6-2-1-3-7-27/h1-22H. The summed E-state index contributed by atoms with van der Waals surface area (Å²) >= 11 is 0. The van der Waals surface area contributed by atoms with Crippen molar-refractivity contribution in [2.75, 3.05) is 0 Å². The van der Waals surface area contributed by atoms with E-state index in [1.54, 1.807) is 12.1 Å². The van der Waals surface area contributed by atoms with Crippen LogP contribution in [0.15, 0.2) is 138 Å². The Morgan fingerprint density at radius 2 is 1.05 bits per heavy atom. The largest absolute Gasteiger partial charge is 0.439 e. The molecular weight excluding hydrogens is 538 g/mol. The van der Waals surface area contributed by atoms with E-state index in [1.807, 2.05) is 24.3 Å². The highest BCUT2D eigenvalue weighted by Crippen LogP contribution is 2.40. The maximum atomic E-state index is 14.2. The lowest BCUT2D eigenvalue weighted by Crippen LogP contribution is -1.94. The topological polar surface area (TPSA) is 23.0 Å². The highest BCUT2D eigenvalue weighted by Gasteiger charge is 2.20. The Bertz CT molecular complexity index is 2460. The molecule has 0 N–H and O–H groups in total. The highest BCUT2D eigenvalue weighted by molar-refractivity contribution is 6.20. The van der Waals surface area contributed by atoms with Gasteiger partial charge in [0, 0.05) is 32.9 Å². The number of nitrogens with zero attached hydrogens (tertiary/aromatic N) is 2. The van der Waals surface area contributed by atoms with Crippen molar-refractivity contribution in [1.82, 2.24) is 9.13 Å². The molecule has 0 saturated heterocycles. The minimum atomic E-state index is -0.346. The fourth-order valence-corrected chi connectivity index (χ4v) is 6.55. The van der Waals surface area contributed by atoms with Gasteiger partial charge in [0.05, 0.1) is 21.9 Å². The molecule has 0 radical (unpaired) electrons. The predicted molar refractivity (Wildman–Crippen MR) is 170 cm³/mol. The maximum absolute atomic E-state index is 14.2. The Morgan fingerprint density at radius 1 is 0.442 bits per heavy atom. The summed E-state index contributed by atoms with van der Waals surface area (Å²) in [4.78, 5) is 0. The lowest BCUT2D eigenvalue weighted by Gasteiger charge is -2.09. The molecule has 0 fully saturated rings. The average Bonchev–Trinajstić information content (AvgIpc) is 3.67. The van der Waals surface area contributed by atoms with Crippen LogP contribution >= 0.6 is 0 Å². The molecule has 3 heterocycles. The van der Waals surface area contributed by atoms with E-state index in [0.29, 0.717) is 10.8 Å². The summed E-state index contributed by atoms with van der Waals surface area (Å²) in [6.07, 6.45) is 0. The summed E-state index contributed by atoms with van der Waals surface area (Å²) in [5, 5.41) is 4.67. The first-order valence-corrected chi connectivity index (χ1v) is 14.2. The molecule has 0 aliphatic heterocycles. The predicted octanol–water partition coefficient (Wildman–Crippen LogP) is 10.6. The van der Waals surface area contributed by atoms with E-state index in [9.17, 15) is 8.78 Å². The molecule has 0 aliphatic carbocycles. The second-order valence-corrected chi connectivity index (χ2v) is 10.9. The molecule has 6 aromatic carbocycles. The van der Waals surface area contributed by atoms with Gasteiger partial charge in [-0.3, -0.25) is 4.57 Å². The van der Waals surface area contributed by atoms with Gasteiger partial charge in [-0.1, -0.05) is 54.6 Å². The van der Waals surface area contributed by atoms with E-state index >= 15 is 0 Å². The van der Waals surface area contributed by atoms with E-state index in [0.717, 1.165) is 66.5 Å². The lowest BCUT2D eigenvalue weighted by atomic mass is 10.0. The fraction of sp³-hybridized carbons (Fsp3) is 0.